The highest BCUT2D eigenvalue weighted by Crippen LogP contribution is 2.35. The van der Waals surface area contributed by atoms with Gasteiger partial charge in [-0.2, -0.15) is 4.31 Å². The third-order valence-corrected chi connectivity index (χ3v) is 7.42. The molecule has 0 aliphatic carbocycles. The number of ether oxygens (including phenoxy) is 4. The molecule has 1 fully saturated rings. The van der Waals surface area contributed by atoms with E-state index in [1.165, 1.54) is 4.31 Å². The average Bonchev–Trinajstić information content (AvgIpc) is 2.79. The fraction of sp³-hybridized carbons (Fsp3) is 0.429. The molecule has 0 aromatic heterocycles. The van der Waals surface area contributed by atoms with Crippen molar-refractivity contribution in [3.63, 3.8) is 0 Å². The summed E-state index contributed by atoms with van der Waals surface area (Å²) in [4.78, 5) is 2.48. The van der Waals surface area contributed by atoms with Crippen molar-refractivity contribution < 1.29 is 27.4 Å². The molecule has 160 valence electrons. The van der Waals surface area contributed by atoms with Crippen LogP contribution in [0.25, 0.3) is 0 Å². The summed E-state index contributed by atoms with van der Waals surface area (Å²) in [5.74, 6) is 2.65. The normalized spacial score (nSPS) is 19.5. The number of rotatable bonds is 4. The molecular formula is C21H24N2O6S. The number of benzene rings is 2. The van der Waals surface area contributed by atoms with Crippen LogP contribution in [0.4, 0.5) is 0 Å². The van der Waals surface area contributed by atoms with Crippen molar-refractivity contribution in [1.82, 2.24) is 9.21 Å². The topological polar surface area (TPSA) is 77.5 Å². The molecule has 0 spiro atoms. The smallest absolute Gasteiger partial charge is 0.243 e. The van der Waals surface area contributed by atoms with Crippen molar-refractivity contribution in [1.29, 1.82) is 0 Å². The van der Waals surface area contributed by atoms with Crippen molar-refractivity contribution in [2.75, 3.05) is 52.6 Å². The second kappa shape index (κ2) is 7.98. The summed E-state index contributed by atoms with van der Waals surface area (Å²) in [6.07, 6.45) is 0. The number of fused-ring (bicyclic) bond motifs is 2. The standard InChI is InChI=1S/C21H24N2O6S/c24-30(25,17-4-5-18-20(14-17)28-11-10-26-18)23-8-6-22(7-9-23)15-16-2-1-3-19-21(16)29-13-12-27-19/h1-5,14H,6-13,15H2. The molecule has 1 saturated heterocycles. The molecule has 0 bridgehead atoms. The van der Waals surface area contributed by atoms with Gasteiger partial charge in [-0.1, -0.05) is 12.1 Å². The molecule has 0 amide bonds. The second-order valence-electron chi connectivity index (χ2n) is 7.43. The molecule has 3 aliphatic heterocycles. The predicted octanol–water partition coefficient (Wildman–Crippen LogP) is 1.74. The zero-order valence-corrected chi connectivity index (χ0v) is 17.4. The van der Waals surface area contributed by atoms with Gasteiger partial charge < -0.3 is 18.9 Å². The zero-order chi connectivity index (χ0) is 20.6. The summed E-state index contributed by atoms with van der Waals surface area (Å²) < 4.78 is 50.2. The summed E-state index contributed by atoms with van der Waals surface area (Å²) in [5.41, 5.74) is 1.07. The Hall–Kier alpha value is -2.49. The minimum absolute atomic E-state index is 0.239. The molecule has 0 saturated carbocycles. The van der Waals surface area contributed by atoms with E-state index in [9.17, 15) is 8.42 Å². The molecule has 9 heteroatoms. The zero-order valence-electron chi connectivity index (χ0n) is 16.6. The minimum Gasteiger partial charge on any atom is -0.486 e. The van der Waals surface area contributed by atoms with Crippen LogP contribution in [-0.4, -0.2) is 70.2 Å². The summed E-state index contributed by atoms with van der Waals surface area (Å²) in [5, 5.41) is 0. The van der Waals surface area contributed by atoms with E-state index in [0.29, 0.717) is 70.7 Å². The first-order valence-electron chi connectivity index (χ1n) is 10.1. The fourth-order valence-corrected chi connectivity index (χ4v) is 5.40. The molecule has 8 nitrogen and oxygen atoms in total. The highest BCUT2D eigenvalue weighted by molar-refractivity contribution is 7.89. The average molecular weight is 432 g/mol. The van der Waals surface area contributed by atoms with Gasteiger partial charge in [0.05, 0.1) is 4.90 Å². The van der Waals surface area contributed by atoms with Crippen LogP contribution >= 0.6 is 0 Å². The Morgan fingerprint density at radius 1 is 0.767 bits per heavy atom. The van der Waals surface area contributed by atoms with Crippen LogP contribution in [0.3, 0.4) is 0 Å². The first-order chi connectivity index (χ1) is 14.6. The van der Waals surface area contributed by atoms with Crippen molar-refractivity contribution in [3.8, 4) is 23.0 Å². The number of sulfonamides is 1. The van der Waals surface area contributed by atoms with E-state index in [0.717, 1.165) is 17.1 Å². The van der Waals surface area contributed by atoms with Gasteiger partial charge in [-0.25, -0.2) is 8.42 Å². The lowest BCUT2D eigenvalue weighted by molar-refractivity contribution is 0.158. The Kier molecular flexibility index (Phi) is 5.18. The van der Waals surface area contributed by atoms with Gasteiger partial charge >= 0.3 is 0 Å². The van der Waals surface area contributed by atoms with Gasteiger partial charge in [0.1, 0.15) is 26.4 Å². The van der Waals surface area contributed by atoms with Gasteiger partial charge in [-0.05, 0) is 18.2 Å². The third-order valence-electron chi connectivity index (χ3n) is 5.52. The Balaban J connectivity index is 1.26. The lowest BCUT2D eigenvalue weighted by atomic mass is 10.1. The van der Waals surface area contributed by atoms with E-state index < -0.39 is 10.0 Å². The molecule has 3 heterocycles. The Morgan fingerprint density at radius 3 is 2.27 bits per heavy atom. The highest BCUT2D eigenvalue weighted by atomic mass is 32.2. The van der Waals surface area contributed by atoms with E-state index in [-0.39, 0.29) is 4.90 Å². The predicted molar refractivity (Wildman–Crippen MR) is 109 cm³/mol. The third kappa shape index (κ3) is 3.68. The van der Waals surface area contributed by atoms with Gasteiger partial charge in [0.25, 0.3) is 0 Å². The first-order valence-corrected chi connectivity index (χ1v) is 11.5. The van der Waals surface area contributed by atoms with Crippen LogP contribution < -0.4 is 18.9 Å². The van der Waals surface area contributed by atoms with Crippen molar-refractivity contribution in [2.45, 2.75) is 11.4 Å². The maximum atomic E-state index is 13.1. The van der Waals surface area contributed by atoms with E-state index >= 15 is 0 Å². The number of hydrogen-bond acceptors (Lipinski definition) is 7. The molecule has 0 radical (unpaired) electrons. The lowest BCUT2D eigenvalue weighted by Gasteiger charge is -2.34. The van der Waals surface area contributed by atoms with Gasteiger partial charge in [0.2, 0.25) is 10.0 Å². The summed E-state index contributed by atoms with van der Waals surface area (Å²) in [7, 11) is -3.58. The minimum atomic E-state index is -3.58. The van der Waals surface area contributed by atoms with Crippen LogP contribution in [-0.2, 0) is 16.6 Å². The van der Waals surface area contributed by atoms with E-state index in [4.69, 9.17) is 18.9 Å². The quantitative estimate of drug-likeness (QED) is 0.728. The summed E-state index contributed by atoms with van der Waals surface area (Å²) in [6, 6.07) is 10.7. The molecular weight excluding hydrogens is 408 g/mol. The van der Waals surface area contributed by atoms with E-state index in [1.807, 2.05) is 18.2 Å². The molecule has 2 aromatic rings. The Morgan fingerprint density at radius 2 is 1.47 bits per heavy atom. The van der Waals surface area contributed by atoms with Crippen molar-refractivity contribution >= 4 is 10.0 Å². The molecule has 30 heavy (non-hydrogen) atoms. The number of piperazine rings is 1. The summed E-state index contributed by atoms with van der Waals surface area (Å²) >= 11 is 0. The van der Waals surface area contributed by atoms with Crippen LogP contribution in [0.1, 0.15) is 5.56 Å². The first kappa shape index (κ1) is 19.5. The highest BCUT2D eigenvalue weighted by Gasteiger charge is 2.30. The van der Waals surface area contributed by atoms with Gasteiger partial charge in [0.15, 0.2) is 23.0 Å². The maximum Gasteiger partial charge on any atom is 0.243 e. The SMILES string of the molecule is O=S(=O)(c1ccc2c(c1)OCCO2)N1CCN(Cc2cccc3c2OCCO3)CC1. The Bertz CT molecular complexity index is 1030. The maximum absolute atomic E-state index is 13.1. The number of para-hydroxylation sites is 1. The monoisotopic (exact) mass is 432 g/mol. The molecule has 2 aromatic carbocycles. The lowest BCUT2D eigenvalue weighted by Crippen LogP contribution is -2.48. The number of nitrogens with zero attached hydrogens (tertiary/aromatic N) is 2. The Labute approximate surface area is 175 Å². The van der Waals surface area contributed by atoms with Crippen LogP contribution in [0, 0.1) is 0 Å². The molecule has 0 unspecified atom stereocenters. The second-order valence-corrected chi connectivity index (χ2v) is 9.36. The van der Waals surface area contributed by atoms with Crippen molar-refractivity contribution in [2.24, 2.45) is 0 Å². The van der Waals surface area contributed by atoms with Gasteiger partial charge in [-0.15, -0.1) is 0 Å². The van der Waals surface area contributed by atoms with E-state index in [2.05, 4.69) is 4.90 Å². The van der Waals surface area contributed by atoms with Crippen LogP contribution in [0.2, 0.25) is 0 Å². The van der Waals surface area contributed by atoms with Crippen LogP contribution in [0.15, 0.2) is 41.3 Å². The molecule has 0 atom stereocenters. The van der Waals surface area contributed by atoms with Crippen LogP contribution in [0.5, 0.6) is 23.0 Å². The van der Waals surface area contributed by atoms with Gasteiger partial charge in [-0.3, -0.25) is 4.90 Å². The van der Waals surface area contributed by atoms with Crippen molar-refractivity contribution in [3.05, 3.63) is 42.0 Å². The number of hydrogen-bond donors (Lipinski definition) is 0. The molecule has 3 aliphatic rings. The molecule has 0 N–H and O–H groups in total. The fourth-order valence-electron chi connectivity index (χ4n) is 3.96. The van der Waals surface area contributed by atoms with E-state index in [1.54, 1.807) is 18.2 Å². The molecule has 5 rings (SSSR count). The summed E-state index contributed by atoms with van der Waals surface area (Å²) in [6.45, 7) is 4.87. The largest absolute Gasteiger partial charge is 0.486 e. The van der Waals surface area contributed by atoms with Gasteiger partial charge in [0, 0.05) is 44.4 Å².